The van der Waals surface area contributed by atoms with E-state index in [0.717, 1.165) is 11.1 Å². The molecule has 0 radical (unpaired) electrons. The van der Waals surface area contributed by atoms with Crippen LogP contribution in [0.1, 0.15) is 37.2 Å². The van der Waals surface area contributed by atoms with Gasteiger partial charge in [-0.25, -0.2) is 0 Å². The van der Waals surface area contributed by atoms with Gasteiger partial charge in [0, 0.05) is 5.41 Å². The van der Waals surface area contributed by atoms with E-state index >= 15 is 0 Å². The summed E-state index contributed by atoms with van der Waals surface area (Å²) >= 11 is 0. The fraction of sp³-hybridized carbons (Fsp3) is 0.294. The zero-order chi connectivity index (χ0) is 13.9. The summed E-state index contributed by atoms with van der Waals surface area (Å²) in [6.07, 6.45) is -1.44. The molecular formula is C17H20O2. The van der Waals surface area contributed by atoms with Crippen LogP contribution in [0.25, 0.3) is 0 Å². The molecular weight excluding hydrogens is 236 g/mol. The predicted molar refractivity (Wildman–Crippen MR) is 76.6 cm³/mol. The van der Waals surface area contributed by atoms with E-state index in [-0.39, 0.29) is 0 Å². The molecule has 2 heteroatoms. The van der Waals surface area contributed by atoms with Crippen molar-refractivity contribution in [1.82, 2.24) is 0 Å². The fourth-order valence-corrected chi connectivity index (χ4v) is 2.28. The fourth-order valence-electron chi connectivity index (χ4n) is 2.28. The second kappa shape index (κ2) is 5.55. The minimum atomic E-state index is -0.719. The van der Waals surface area contributed by atoms with E-state index in [4.69, 9.17) is 0 Å². The molecule has 19 heavy (non-hydrogen) atoms. The van der Waals surface area contributed by atoms with Crippen molar-refractivity contribution in [2.24, 2.45) is 5.41 Å². The van der Waals surface area contributed by atoms with E-state index < -0.39 is 17.6 Å². The maximum Gasteiger partial charge on any atom is 0.0869 e. The van der Waals surface area contributed by atoms with E-state index in [9.17, 15) is 10.2 Å². The van der Waals surface area contributed by atoms with Crippen LogP contribution in [0.2, 0.25) is 0 Å². The molecule has 0 saturated carbocycles. The molecule has 0 bridgehead atoms. The molecule has 0 saturated heterocycles. The van der Waals surface area contributed by atoms with Crippen molar-refractivity contribution >= 4 is 0 Å². The van der Waals surface area contributed by atoms with E-state index in [1.807, 2.05) is 74.5 Å². The average molecular weight is 256 g/mol. The second-order valence-corrected chi connectivity index (χ2v) is 5.45. The van der Waals surface area contributed by atoms with E-state index in [0.29, 0.717) is 0 Å². The Morgan fingerprint density at radius 1 is 0.684 bits per heavy atom. The number of aliphatic hydroxyl groups is 2. The van der Waals surface area contributed by atoms with Crippen molar-refractivity contribution < 1.29 is 10.2 Å². The third-order valence-corrected chi connectivity index (χ3v) is 3.64. The van der Waals surface area contributed by atoms with Crippen molar-refractivity contribution in [3.05, 3.63) is 71.8 Å². The number of hydrogen-bond donors (Lipinski definition) is 2. The molecule has 0 amide bonds. The Balaban J connectivity index is 2.27. The Labute approximate surface area is 114 Å². The molecule has 0 aromatic heterocycles. The van der Waals surface area contributed by atoms with Gasteiger partial charge in [0.25, 0.3) is 0 Å². The molecule has 100 valence electrons. The molecule has 2 aromatic carbocycles. The Hall–Kier alpha value is -1.64. The van der Waals surface area contributed by atoms with Gasteiger partial charge in [0.1, 0.15) is 0 Å². The Kier molecular flexibility index (Phi) is 4.03. The van der Waals surface area contributed by atoms with Gasteiger partial charge in [-0.05, 0) is 11.1 Å². The lowest BCUT2D eigenvalue weighted by Crippen LogP contribution is -2.29. The summed E-state index contributed by atoms with van der Waals surface area (Å²) in [7, 11) is 0. The molecule has 2 N–H and O–H groups in total. The minimum absolute atomic E-state index is 0.664. The van der Waals surface area contributed by atoms with Crippen LogP contribution in [0.5, 0.6) is 0 Å². The van der Waals surface area contributed by atoms with Crippen LogP contribution in [0.3, 0.4) is 0 Å². The Morgan fingerprint density at radius 3 is 1.32 bits per heavy atom. The first kappa shape index (κ1) is 13.8. The average Bonchev–Trinajstić information content (AvgIpc) is 2.47. The van der Waals surface area contributed by atoms with Gasteiger partial charge in [0.05, 0.1) is 12.2 Å². The first-order chi connectivity index (χ1) is 9.03. The van der Waals surface area contributed by atoms with Gasteiger partial charge in [0.15, 0.2) is 0 Å². The van der Waals surface area contributed by atoms with Crippen molar-refractivity contribution in [1.29, 1.82) is 0 Å². The van der Waals surface area contributed by atoms with Crippen LogP contribution in [-0.4, -0.2) is 10.2 Å². The van der Waals surface area contributed by atoms with Crippen LogP contribution < -0.4 is 0 Å². The summed E-state index contributed by atoms with van der Waals surface area (Å²) in [6, 6.07) is 18.9. The molecule has 0 unspecified atom stereocenters. The van der Waals surface area contributed by atoms with Crippen LogP contribution in [0.15, 0.2) is 60.7 Å². The molecule has 0 heterocycles. The number of rotatable bonds is 4. The first-order valence-corrected chi connectivity index (χ1v) is 6.49. The van der Waals surface area contributed by atoms with Crippen LogP contribution >= 0.6 is 0 Å². The Morgan fingerprint density at radius 2 is 1.00 bits per heavy atom. The summed E-state index contributed by atoms with van der Waals surface area (Å²) in [5.41, 5.74) is 0.980. The zero-order valence-corrected chi connectivity index (χ0v) is 11.3. The summed E-state index contributed by atoms with van der Waals surface area (Å²) in [4.78, 5) is 0. The van der Waals surface area contributed by atoms with Crippen LogP contribution in [-0.2, 0) is 0 Å². The number of benzene rings is 2. The molecule has 0 aliphatic carbocycles. The Bertz CT molecular complexity index is 458. The van der Waals surface area contributed by atoms with Gasteiger partial charge in [-0.1, -0.05) is 74.5 Å². The first-order valence-electron chi connectivity index (χ1n) is 6.49. The summed E-state index contributed by atoms with van der Waals surface area (Å²) in [5.74, 6) is 0. The maximum atomic E-state index is 10.5. The second-order valence-electron chi connectivity index (χ2n) is 5.45. The lowest BCUT2D eigenvalue weighted by molar-refractivity contribution is -0.0512. The number of hydrogen-bond acceptors (Lipinski definition) is 2. The predicted octanol–water partition coefficient (Wildman–Crippen LogP) is 3.48. The molecule has 0 aliphatic heterocycles. The third-order valence-electron chi connectivity index (χ3n) is 3.64. The molecule has 0 fully saturated rings. The highest BCUT2D eigenvalue weighted by atomic mass is 16.3. The van der Waals surface area contributed by atoms with Crippen molar-refractivity contribution in [3.63, 3.8) is 0 Å². The van der Waals surface area contributed by atoms with Gasteiger partial charge in [-0.15, -0.1) is 0 Å². The zero-order valence-electron chi connectivity index (χ0n) is 11.3. The van der Waals surface area contributed by atoms with Crippen molar-refractivity contribution in [3.8, 4) is 0 Å². The standard InChI is InChI=1S/C17H20O2/c1-17(2,15(18)13-9-5-3-6-10-13)16(19)14-11-7-4-8-12-14/h3-12,15-16,18-19H,1-2H3/t15-,16-/m0/s1. The largest absolute Gasteiger partial charge is 0.388 e. The highest BCUT2D eigenvalue weighted by Crippen LogP contribution is 2.43. The topological polar surface area (TPSA) is 40.5 Å². The molecule has 0 aliphatic rings. The van der Waals surface area contributed by atoms with Gasteiger partial charge < -0.3 is 10.2 Å². The monoisotopic (exact) mass is 256 g/mol. The minimum Gasteiger partial charge on any atom is -0.388 e. The SMILES string of the molecule is CC(C)([C@@H](O)c1ccccc1)[C@@H](O)c1ccccc1. The van der Waals surface area contributed by atoms with Gasteiger partial charge in [0.2, 0.25) is 0 Å². The van der Waals surface area contributed by atoms with Crippen molar-refractivity contribution in [2.75, 3.05) is 0 Å². The van der Waals surface area contributed by atoms with Gasteiger partial charge >= 0.3 is 0 Å². The normalized spacial score (nSPS) is 14.9. The lowest BCUT2D eigenvalue weighted by atomic mass is 9.75. The highest BCUT2D eigenvalue weighted by Gasteiger charge is 2.37. The molecule has 2 nitrogen and oxygen atoms in total. The molecule has 2 rings (SSSR count). The summed E-state index contributed by atoms with van der Waals surface area (Å²) < 4.78 is 0. The highest BCUT2D eigenvalue weighted by molar-refractivity contribution is 5.24. The van der Waals surface area contributed by atoms with Crippen LogP contribution in [0.4, 0.5) is 0 Å². The van der Waals surface area contributed by atoms with E-state index in [2.05, 4.69) is 0 Å². The van der Waals surface area contributed by atoms with Gasteiger partial charge in [-0.2, -0.15) is 0 Å². The van der Waals surface area contributed by atoms with Crippen molar-refractivity contribution in [2.45, 2.75) is 26.1 Å². The third kappa shape index (κ3) is 2.86. The lowest BCUT2D eigenvalue weighted by Gasteiger charge is -2.35. The molecule has 0 spiro atoms. The smallest absolute Gasteiger partial charge is 0.0869 e. The summed E-state index contributed by atoms with van der Waals surface area (Å²) in [5, 5.41) is 21.0. The molecule has 2 atom stereocenters. The van der Waals surface area contributed by atoms with E-state index in [1.165, 1.54) is 0 Å². The quantitative estimate of drug-likeness (QED) is 0.879. The maximum absolute atomic E-state index is 10.5. The van der Waals surface area contributed by atoms with E-state index in [1.54, 1.807) is 0 Å². The summed E-state index contributed by atoms with van der Waals surface area (Å²) in [6.45, 7) is 3.75. The van der Waals surface area contributed by atoms with Crippen LogP contribution in [0, 0.1) is 5.41 Å². The number of aliphatic hydroxyl groups excluding tert-OH is 2. The molecule has 2 aromatic rings. The van der Waals surface area contributed by atoms with Gasteiger partial charge in [-0.3, -0.25) is 0 Å².